The smallest absolute Gasteiger partial charge is 0.325 e. The van der Waals surface area contributed by atoms with Crippen LogP contribution in [0, 0.1) is 11.6 Å². The van der Waals surface area contributed by atoms with Gasteiger partial charge in [0.25, 0.3) is 11.8 Å². The third-order valence-electron chi connectivity index (χ3n) is 4.34. The van der Waals surface area contributed by atoms with Gasteiger partial charge in [-0.1, -0.05) is 18.2 Å². The fourth-order valence-corrected chi connectivity index (χ4v) is 2.99. The number of para-hydroxylation sites is 1. The van der Waals surface area contributed by atoms with Crippen LogP contribution in [0.25, 0.3) is 0 Å². The first-order valence-electron chi connectivity index (χ1n) is 8.73. The molecule has 0 saturated carbocycles. The average Bonchev–Trinajstić information content (AvgIpc) is 2.69. The van der Waals surface area contributed by atoms with Crippen molar-refractivity contribution >= 4 is 23.5 Å². The van der Waals surface area contributed by atoms with Crippen molar-refractivity contribution in [1.82, 2.24) is 5.32 Å². The number of hydrogen-bond donors (Lipinski definition) is 1. The van der Waals surface area contributed by atoms with Crippen LogP contribution in [0.2, 0.25) is 0 Å². The lowest BCUT2D eigenvalue weighted by Crippen LogP contribution is -2.39. The molecule has 6 nitrogen and oxygen atoms in total. The van der Waals surface area contributed by atoms with Crippen molar-refractivity contribution in [1.29, 1.82) is 0 Å². The molecule has 2 aromatic carbocycles. The Kier molecular flexibility index (Phi) is 5.98. The highest BCUT2D eigenvalue weighted by molar-refractivity contribution is 5.98. The van der Waals surface area contributed by atoms with E-state index in [1.54, 1.807) is 4.90 Å². The third-order valence-corrected chi connectivity index (χ3v) is 4.34. The number of nitrogens with zero attached hydrogens (tertiary/aromatic N) is 1. The standard InChI is InChI=1S/C20H18F2N2O4/c21-14-7-8-15(16(22)10-14)20(27)23-11-19(26)28-12-18(25)24-9-3-5-13-4-1-2-6-17(13)24/h1-2,4,6-8,10H,3,5,9,11-12H2,(H,23,27). The molecule has 1 aliphatic heterocycles. The normalized spacial score (nSPS) is 12.9. The van der Waals surface area contributed by atoms with E-state index < -0.39 is 42.2 Å². The molecule has 0 spiro atoms. The Balaban J connectivity index is 1.49. The van der Waals surface area contributed by atoms with Gasteiger partial charge >= 0.3 is 5.97 Å². The van der Waals surface area contributed by atoms with Crippen LogP contribution in [0.4, 0.5) is 14.5 Å². The van der Waals surface area contributed by atoms with Crippen LogP contribution < -0.4 is 10.2 Å². The Hall–Kier alpha value is -3.29. The first-order valence-corrected chi connectivity index (χ1v) is 8.73. The molecule has 0 saturated heterocycles. The van der Waals surface area contributed by atoms with Gasteiger partial charge in [0, 0.05) is 18.3 Å². The quantitative estimate of drug-likeness (QED) is 0.797. The number of ether oxygens (including phenoxy) is 1. The van der Waals surface area contributed by atoms with E-state index in [0.717, 1.165) is 36.2 Å². The lowest BCUT2D eigenvalue weighted by molar-refractivity contribution is -0.146. The molecule has 0 unspecified atom stereocenters. The molecule has 0 aliphatic carbocycles. The molecule has 0 bridgehead atoms. The molecule has 3 rings (SSSR count). The Labute approximate surface area is 160 Å². The Morgan fingerprint density at radius 1 is 1.11 bits per heavy atom. The predicted molar refractivity (Wildman–Crippen MR) is 96.8 cm³/mol. The van der Waals surface area contributed by atoms with Gasteiger partial charge in [0.05, 0.1) is 5.56 Å². The fourth-order valence-electron chi connectivity index (χ4n) is 2.99. The van der Waals surface area contributed by atoms with Crippen molar-refractivity contribution in [3.05, 3.63) is 65.2 Å². The highest BCUT2D eigenvalue weighted by Gasteiger charge is 2.23. The number of carbonyl (C=O) groups is 3. The van der Waals surface area contributed by atoms with Crippen LogP contribution in [0.3, 0.4) is 0 Å². The molecule has 0 radical (unpaired) electrons. The van der Waals surface area contributed by atoms with Crippen molar-refractivity contribution < 1.29 is 27.9 Å². The van der Waals surface area contributed by atoms with Crippen molar-refractivity contribution in [2.75, 3.05) is 24.6 Å². The van der Waals surface area contributed by atoms with Crippen LogP contribution >= 0.6 is 0 Å². The van der Waals surface area contributed by atoms with Crippen LogP contribution in [0.15, 0.2) is 42.5 Å². The predicted octanol–water partition coefficient (Wildman–Crippen LogP) is 2.22. The fraction of sp³-hybridized carbons (Fsp3) is 0.250. The van der Waals surface area contributed by atoms with Crippen molar-refractivity contribution in [3.8, 4) is 0 Å². The molecular weight excluding hydrogens is 370 g/mol. The first-order chi connectivity index (χ1) is 13.5. The largest absolute Gasteiger partial charge is 0.454 e. The molecule has 28 heavy (non-hydrogen) atoms. The zero-order valence-corrected chi connectivity index (χ0v) is 14.9. The number of anilines is 1. The maximum Gasteiger partial charge on any atom is 0.325 e. The highest BCUT2D eigenvalue weighted by Crippen LogP contribution is 2.26. The number of rotatable bonds is 5. The van der Waals surface area contributed by atoms with E-state index in [-0.39, 0.29) is 5.91 Å². The van der Waals surface area contributed by atoms with Gasteiger partial charge in [0.2, 0.25) is 0 Å². The summed E-state index contributed by atoms with van der Waals surface area (Å²) < 4.78 is 31.3. The summed E-state index contributed by atoms with van der Waals surface area (Å²) in [5.74, 6) is -3.94. The van der Waals surface area contributed by atoms with E-state index in [1.807, 2.05) is 24.3 Å². The topological polar surface area (TPSA) is 75.7 Å². The number of amides is 2. The van der Waals surface area contributed by atoms with Crippen LogP contribution in [0.1, 0.15) is 22.3 Å². The molecule has 0 fully saturated rings. The van der Waals surface area contributed by atoms with E-state index >= 15 is 0 Å². The van der Waals surface area contributed by atoms with E-state index in [1.165, 1.54) is 0 Å². The molecule has 146 valence electrons. The molecule has 1 heterocycles. The second-order valence-electron chi connectivity index (χ2n) is 6.25. The first kappa shape index (κ1) is 19.5. The minimum atomic E-state index is -1.04. The Morgan fingerprint density at radius 3 is 2.68 bits per heavy atom. The highest BCUT2D eigenvalue weighted by atomic mass is 19.1. The third kappa shape index (κ3) is 4.51. The summed E-state index contributed by atoms with van der Waals surface area (Å²) in [6.45, 7) is -0.471. The molecule has 1 aliphatic rings. The molecule has 0 aromatic heterocycles. The molecule has 8 heteroatoms. The summed E-state index contributed by atoms with van der Waals surface area (Å²) in [5.41, 5.74) is 1.46. The summed E-state index contributed by atoms with van der Waals surface area (Å²) in [4.78, 5) is 37.6. The lowest BCUT2D eigenvalue weighted by Gasteiger charge is -2.29. The van der Waals surface area contributed by atoms with Gasteiger partial charge in [-0.25, -0.2) is 8.78 Å². The number of hydrogen-bond acceptors (Lipinski definition) is 4. The van der Waals surface area contributed by atoms with Gasteiger partial charge in [-0.05, 0) is 36.6 Å². The number of carbonyl (C=O) groups excluding carboxylic acids is 3. The van der Waals surface area contributed by atoms with E-state index in [2.05, 4.69) is 5.32 Å². The molecule has 2 amide bonds. The number of halogens is 2. The van der Waals surface area contributed by atoms with Crippen LogP contribution in [-0.4, -0.2) is 37.5 Å². The van der Waals surface area contributed by atoms with E-state index in [0.29, 0.717) is 12.6 Å². The number of fused-ring (bicyclic) bond motifs is 1. The van der Waals surface area contributed by atoms with E-state index in [9.17, 15) is 23.2 Å². The number of benzene rings is 2. The van der Waals surface area contributed by atoms with Gasteiger partial charge in [-0.2, -0.15) is 0 Å². The zero-order chi connectivity index (χ0) is 20.1. The van der Waals surface area contributed by atoms with Crippen LogP contribution in [0.5, 0.6) is 0 Å². The second-order valence-corrected chi connectivity index (χ2v) is 6.25. The SMILES string of the molecule is O=C(CNC(=O)c1ccc(F)cc1F)OCC(=O)N1CCCc2ccccc21. The number of nitrogens with one attached hydrogen (secondary N) is 1. The molecule has 1 N–H and O–H groups in total. The van der Waals surface area contributed by atoms with Gasteiger partial charge in [0.15, 0.2) is 6.61 Å². The van der Waals surface area contributed by atoms with Crippen LogP contribution in [-0.2, 0) is 20.7 Å². The maximum atomic E-state index is 13.5. The Morgan fingerprint density at radius 2 is 1.89 bits per heavy atom. The molecule has 0 atom stereocenters. The summed E-state index contributed by atoms with van der Waals surface area (Å²) in [6, 6.07) is 10.0. The monoisotopic (exact) mass is 388 g/mol. The summed E-state index contributed by atoms with van der Waals surface area (Å²) in [5, 5.41) is 2.18. The van der Waals surface area contributed by atoms with Crippen molar-refractivity contribution in [3.63, 3.8) is 0 Å². The lowest BCUT2D eigenvalue weighted by atomic mass is 10.0. The Bertz CT molecular complexity index is 917. The second kappa shape index (κ2) is 8.60. The van der Waals surface area contributed by atoms with Crippen molar-refractivity contribution in [2.45, 2.75) is 12.8 Å². The number of esters is 1. The summed E-state index contributed by atoms with van der Waals surface area (Å²) in [7, 11) is 0. The summed E-state index contributed by atoms with van der Waals surface area (Å²) in [6.07, 6.45) is 1.70. The maximum absolute atomic E-state index is 13.5. The van der Waals surface area contributed by atoms with Gasteiger partial charge in [-0.3, -0.25) is 14.4 Å². The van der Waals surface area contributed by atoms with Gasteiger partial charge in [-0.15, -0.1) is 0 Å². The molecular formula is C20H18F2N2O4. The van der Waals surface area contributed by atoms with Gasteiger partial charge in [0.1, 0.15) is 18.2 Å². The minimum Gasteiger partial charge on any atom is -0.454 e. The zero-order valence-electron chi connectivity index (χ0n) is 14.9. The molecule has 2 aromatic rings. The van der Waals surface area contributed by atoms with E-state index in [4.69, 9.17) is 4.74 Å². The number of aryl methyl sites for hydroxylation is 1. The minimum absolute atomic E-state index is 0.364. The summed E-state index contributed by atoms with van der Waals surface area (Å²) >= 11 is 0. The van der Waals surface area contributed by atoms with Crippen molar-refractivity contribution in [2.24, 2.45) is 0 Å². The average molecular weight is 388 g/mol. The van der Waals surface area contributed by atoms with Gasteiger partial charge < -0.3 is 15.0 Å².